The molecule has 0 saturated heterocycles. The van der Waals surface area contributed by atoms with Crippen LogP contribution < -0.4 is 0 Å². The smallest absolute Gasteiger partial charge is 0.287 e. The number of carbonyl (C=O) groups is 1. The van der Waals surface area contributed by atoms with Crippen molar-refractivity contribution < 1.29 is 9.72 Å². The fourth-order valence-electron chi connectivity index (χ4n) is 1.09. The molecule has 0 atom stereocenters. The number of hydrogen-bond donors (Lipinski definition) is 1. The first-order valence-electron chi connectivity index (χ1n) is 4.59. The molecular formula is C9H13N3O3. The molecule has 0 aromatic carbocycles. The van der Waals surface area contributed by atoms with Gasteiger partial charge in [0.25, 0.3) is 5.69 Å². The lowest BCUT2D eigenvalue weighted by Gasteiger charge is -2.11. The fourth-order valence-corrected chi connectivity index (χ4v) is 1.09. The van der Waals surface area contributed by atoms with Gasteiger partial charge in [-0.3, -0.25) is 19.8 Å². The summed E-state index contributed by atoms with van der Waals surface area (Å²) in [5.41, 5.74) is 0.194. The third kappa shape index (κ3) is 2.88. The van der Waals surface area contributed by atoms with Crippen LogP contribution in [0.5, 0.6) is 0 Å². The Kier molecular flexibility index (Phi) is 3.56. The Morgan fingerprint density at radius 1 is 1.67 bits per heavy atom. The molecule has 0 aliphatic carbocycles. The number of carbonyl (C=O) groups excluding carboxylic acids is 1. The molecule has 1 rings (SSSR count). The van der Waals surface area contributed by atoms with Crippen LogP contribution >= 0.6 is 0 Å². The van der Waals surface area contributed by atoms with Crippen LogP contribution in [0.15, 0.2) is 12.3 Å². The topological polar surface area (TPSA) is 79.2 Å². The number of H-pyrrole nitrogens is 1. The second-order valence-electron chi connectivity index (χ2n) is 3.28. The molecule has 0 spiro atoms. The van der Waals surface area contributed by atoms with Gasteiger partial charge in [0.2, 0.25) is 0 Å². The molecule has 6 nitrogen and oxygen atoms in total. The summed E-state index contributed by atoms with van der Waals surface area (Å²) in [7, 11) is 1.81. The summed E-state index contributed by atoms with van der Waals surface area (Å²) in [5, 5.41) is 10.4. The molecule has 82 valence electrons. The van der Waals surface area contributed by atoms with Gasteiger partial charge < -0.3 is 4.98 Å². The molecule has 1 aromatic heterocycles. The molecule has 1 heterocycles. The largest absolute Gasteiger partial charge is 0.353 e. The molecule has 0 fully saturated rings. The Morgan fingerprint density at radius 2 is 2.33 bits per heavy atom. The first-order chi connectivity index (χ1) is 7.04. The zero-order valence-electron chi connectivity index (χ0n) is 8.69. The molecular weight excluding hydrogens is 198 g/mol. The molecule has 15 heavy (non-hydrogen) atoms. The summed E-state index contributed by atoms with van der Waals surface area (Å²) >= 11 is 0. The predicted molar refractivity (Wildman–Crippen MR) is 54.9 cm³/mol. The number of aromatic nitrogens is 1. The minimum atomic E-state index is -0.531. The molecule has 0 aliphatic rings. The summed E-state index contributed by atoms with van der Waals surface area (Å²) in [6.07, 6.45) is 1.22. The highest BCUT2D eigenvalue weighted by atomic mass is 16.6. The second kappa shape index (κ2) is 4.70. The quantitative estimate of drug-likeness (QED) is 0.448. The van der Waals surface area contributed by atoms with Crippen LogP contribution in [0.4, 0.5) is 5.69 Å². The van der Waals surface area contributed by atoms with E-state index in [1.165, 1.54) is 12.3 Å². The Labute approximate surface area is 87.0 Å². The van der Waals surface area contributed by atoms with Gasteiger partial charge in [0, 0.05) is 6.07 Å². The molecule has 0 aliphatic heterocycles. The molecule has 0 amide bonds. The molecule has 6 heteroatoms. The van der Waals surface area contributed by atoms with E-state index in [1.807, 2.05) is 18.9 Å². The van der Waals surface area contributed by atoms with Crippen molar-refractivity contribution in [2.75, 3.05) is 20.1 Å². The number of Topliss-reactive ketones (excluding diaryl/α,β-unsaturated/α-hetero) is 1. The Morgan fingerprint density at radius 3 is 2.80 bits per heavy atom. The van der Waals surface area contributed by atoms with E-state index in [0.717, 1.165) is 6.54 Å². The lowest BCUT2D eigenvalue weighted by molar-refractivity contribution is -0.384. The van der Waals surface area contributed by atoms with Crippen LogP contribution in [-0.2, 0) is 0 Å². The van der Waals surface area contributed by atoms with Gasteiger partial charge in [-0.05, 0) is 13.6 Å². The summed E-state index contributed by atoms with van der Waals surface area (Å²) in [5.74, 6) is -0.146. The first kappa shape index (κ1) is 11.4. The van der Waals surface area contributed by atoms with Crippen LogP contribution in [0.2, 0.25) is 0 Å². The van der Waals surface area contributed by atoms with E-state index < -0.39 is 4.92 Å². The van der Waals surface area contributed by atoms with Crippen LogP contribution in [-0.4, -0.2) is 40.7 Å². The van der Waals surface area contributed by atoms with Crippen molar-refractivity contribution in [1.82, 2.24) is 9.88 Å². The molecule has 0 saturated carbocycles. The lowest BCUT2D eigenvalue weighted by atomic mass is 10.2. The SMILES string of the molecule is CCN(C)CC(=O)c1cc([N+](=O)[O-])c[nH]1. The van der Waals surface area contributed by atoms with Crippen LogP contribution in [0.3, 0.4) is 0 Å². The monoisotopic (exact) mass is 211 g/mol. The maximum Gasteiger partial charge on any atom is 0.287 e. The van der Waals surface area contributed by atoms with Gasteiger partial charge in [-0.1, -0.05) is 6.92 Å². The van der Waals surface area contributed by atoms with Crippen molar-refractivity contribution in [3.05, 3.63) is 28.1 Å². The molecule has 0 radical (unpaired) electrons. The van der Waals surface area contributed by atoms with Crippen molar-refractivity contribution in [3.8, 4) is 0 Å². The standard InChI is InChI=1S/C9H13N3O3/c1-3-11(2)6-9(13)8-4-7(5-10-8)12(14)15/h4-5,10H,3,6H2,1-2H3. The van der Waals surface area contributed by atoms with E-state index in [1.54, 1.807) is 0 Å². The van der Waals surface area contributed by atoms with Crippen molar-refractivity contribution in [3.63, 3.8) is 0 Å². The zero-order chi connectivity index (χ0) is 11.4. The maximum absolute atomic E-state index is 11.6. The Balaban J connectivity index is 2.70. The molecule has 0 bridgehead atoms. The van der Waals surface area contributed by atoms with E-state index in [0.29, 0.717) is 0 Å². The normalized spacial score (nSPS) is 10.6. The second-order valence-corrected chi connectivity index (χ2v) is 3.28. The number of hydrogen-bond acceptors (Lipinski definition) is 4. The number of nitrogens with one attached hydrogen (secondary N) is 1. The minimum Gasteiger partial charge on any atom is -0.353 e. The van der Waals surface area contributed by atoms with Crippen molar-refractivity contribution in [2.24, 2.45) is 0 Å². The maximum atomic E-state index is 11.6. The fraction of sp³-hybridized carbons (Fsp3) is 0.444. The van der Waals surface area contributed by atoms with Crippen LogP contribution in [0.25, 0.3) is 0 Å². The summed E-state index contributed by atoms with van der Waals surface area (Å²) in [4.78, 5) is 25.8. The number of rotatable bonds is 5. The third-order valence-electron chi connectivity index (χ3n) is 2.13. The van der Waals surface area contributed by atoms with Gasteiger partial charge in [-0.15, -0.1) is 0 Å². The highest BCUT2D eigenvalue weighted by Gasteiger charge is 2.15. The average molecular weight is 211 g/mol. The Bertz CT molecular complexity index is 372. The van der Waals surface area contributed by atoms with Gasteiger partial charge in [0.05, 0.1) is 23.4 Å². The van der Waals surface area contributed by atoms with Gasteiger partial charge >= 0.3 is 0 Å². The van der Waals surface area contributed by atoms with E-state index in [4.69, 9.17) is 0 Å². The molecule has 0 unspecified atom stereocenters. The number of nitrogens with zero attached hydrogens (tertiary/aromatic N) is 2. The number of ketones is 1. The van der Waals surface area contributed by atoms with Crippen LogP contribution in [0.1, 0.15) is 17.4 Å². The predicted octanol–water partition coefficient (Wildman–Crippen LogP) is 1.06. The highest BCUT2D eigenvalue weighted by Crippen LogP contribution is 2.12. The number of nitro groups is 1. The third-order valence-corrected chi connectivity index (χ3v) is 2.13. The van der Waals surface area contributed by atoms with Crippen molar-refractivity contribution in [1.29, 1.82) is 0 Å². The minimum absolute atomic E-state index is 0.0856. The van der Waals surface area contributed by atoms with Crippen molar-refractivity contribution >= 4 is 11.5 Å². The van der Waals surface area contributed by atoms with Gasteiger partial charge in [-0.25, -0.2) is 0 Å². The molecule has 1 N–H and O–H groups in total. The number of likely N-dealkylation sites (N-methyl/N-ethyl adjacent to an activating group) is 1. The van der Waals surface area contributed by atoms with E-state index in [2.05, 4.69) is 4.98 Å². The van der Waals surface area contributed by atoms with E-state index in [-0.39, 0.29) is 23.7 Å². The van der Waals surface area contributed by atoms with Crippen LogP contribution in [0, 0.1) is 10.1 Å². The molecule has 1 aromatic rings. The summed E-state index contributed by atoms with van der Waals surface area (Å²) in [6, 6.07) is 1.26. The highest BCUT2D eigenvalue weighted by molar-refractivity contribution is 5.96. The Hall–Kier alpha value is -1.69. The average Bonchev–Trinajstić information content (AvgIpc) is 2.66. The zero-order valence-corrected chi connectivity index (χ0v) is 8.69. The summed E-state index contributed by atoms with van der Waals surface area (Å²) in [6.45, 7) is 2.95. The van der Waals surface area contributed by atoms with Crippen molar-refractivity contribution in [2.45, 2.75) is 6.92 Å². The van der Waals surface area contributed by atoms with Gasteiger partial charge in [-0.2, -0.15) is 0 Å². The van der Waals surface area contributed by atoms with Gasteiger partial charge in [0.15, 0.2) is 5.78 Å². The number of aromatic amines is 1. The first-order valence-corrected chi connectivity index (χ1v) is 4.59. The van der Waals surface area contributed by atoms with E-state index >= 15 is 0 Å². The van der Waals surface area contributed by atoms with E-state index in [9.17, 15) is 14.9 Å². The summed E-state index contributed by atoms with van der Waals surface area (Å²) < 4.78 is 0. The van der Waals surface area contributed by atoms with Gasteiger partial charge in [0.1, 0.15) is 0 Å². The lowest BCUT2D eigenvalue weighted by Crippen LogP contribution is -2.25.